The molecule has 0 amide bonds. The van der Waals surface area contributed by atoms with Crippen molar-refractivity contribution in [3.8, 4) is 0 Å². The molecular formula is C13H16F4. The lowest BCUT2D eigenvalue weighted by atomic mass is 9.88. The van der Waals surface area contributed by atoms with E-state index in [9.17, 15) is 17.6 Å². The molecular weight excluding hydrogens is 232 g/mol. The van der Waals surface area contributed by atoms with Crippen LogP contribution in [0.2, 0.25) is 0 Å². The second kappa shape index (κ2) is 4.67. The molecule has 0 saturated carbocycles. The summed E-state index contributed by atoms with van der Waals surface area (Å²) in [7, 11) is 0. The Labute approximate surface area is 98.6 Å². The highest BCUT2D eigenvalue weighted by atomic mass is 19.4. The predicted octanol–water partition coefficient (Wildman–Crippen LogP) is 4.82. The number of hydrogen-bond acceptors (Lipinski definition) is 0. The van der Waals surface area contributed by atoms with Gasteiger partial charge in [-0.1, -0.05) is 26.8 Å². The highest BCUT2D eigenvalue weighted by Gasteiger charge is 2.34. The molecule has 0 atom stereocenters. The Morgan fingerprint density at radius 3 is 2.12 bits per heavy atom. The maximum absolute atomic E-state index is 13.0. The Morgan fingerprint density at radius 1 is 1.06 bits per heavy atom. The van der Waals surface area contributed by atoms with Crippen molar-refractivity contribution in [1.29, 1.82) is 0 Å². The van der Waals surface area contributed by atoms with E-state index in [4.69, 9.17) is 0 Å². The lowest BCUT2D eigenvalue weighted by Crippen LogP contribution is -2.10. The number of alkyl halides is 3. The summed E-state index contributed by atoms with van der Waals surface area (Å²) in [5, 5.41) is 0. The summed E-state index contributed by atoms with van der Waals surface area (Å²) in [6, 6.07) is 3.21. The molecule has 0 aliphatic heterocycles. The number of halogens is 4. The Morgan fingerprint density at radius 2 is 1.65 bits per heavy atom. The zero-order valence-corrected chi connectivity index (χ0v) is 10.2. The van der Waals surface area contributed by atoms with Gasteiger partial charge in [0.05, 0.1) is 5.56 Å². The first-order valence-corrected chi connectivity index (χ1v) is 5.45. The second-order valence-electron chi connectivity index (χ2n) is 5.37. The maximum Gasteiger partial charge on any atom is 0.419 e. The van der Waals surface area contributed by atoms with Gasteiger partial charge in [0, 0.05) is 0 Å². The van der Waals surface area contributed by atoms with E-state index < -0.39 is 17.6 Å². The fourth-order valence-electron chi connectivity index (χ4n) is 1.46. The molecule has 0 aromatic heterocycles. The van der Waals surface area contributed by atoms with Crippen molar-refractivity contribution in [3.63, 3.8) is 0 Å². The molecule has 1 aromatic rings. The third-order valence-electron chi connectivity index (χ3n) is 2.50. The Hall–Kier alpha value is -1.06. The van der Waals surface area contributed by atoms with Crippen molar-refractivity contribution >= 4 is 0 Å². The van der Waals surface area contributed by atoms with Gasteiger partial charge >= 0.3 is 6.18 Å². The molecule has 0 fully saturated rings. The van der Waals surface area contributed by atoms with Crippen LogP contribution in [-0.4, -0.2) is 0 Å². The molecule has 0 N–H and O–H groups in total. The van der Waals surface area contributed by atoms with E-state index in [1.54, 1.807) is 0 Å². The summed E-state index contributed by atoms with van der Waals surface area (Å²) in [5.41, 5.74) is -0.607. The number of hydrogen-bond donors (Lipinski definition) is 0. The van der Waals surface area contributed by atoms with Gasteiger partial charge in [-0.2, -0.15) is 13.2 Å². The van der Waals surface area contributed by atoms with E-state index in [0.717, 1.165) is 18.6 Å². The fraction of sp³-hybridized carbons (Fsp3) is 0.538. The van der Waals surface area contributed by atoms with Crippen molar-refractivity contribution in [2.24, 2.45) is 5.41 Å². The Bertz CT molecular complexity index is 385. The second-order valence-corrected chi connectivity index (χ2v) is 5.37. The predicted molar refractivity (Wildman–Crippen MR) is 59.2 cm³/mol. The SMILES string of the molecule is CC(C)(C)CCc1ccc(F)c(C(F)(F)F)c1. The number of aryl methyl sites for hydroxylation is 1. The van der Waals surface area contributed by atoms with Crippen LogP contribution in [0.4, 0.5) is 17.6 Å². The topological polar surface area (TPSA) is 0 Å². The Kier molecular flexibility index (Phi) is 3.84. The molecule has 0 unspecified atom stereocenters. The summed E-state index contributed by atoms with van der Waals surface area (Å²) >= 11 is 0. The van der Waals surface area contributed by atoms with Crippen LogP contribution in [0.15, 0.2) is 18.2 Å². The third kappa shape index (κ3) is 4.36. The first-order chi connectivity index (χ1) is 7.59. The van der Waals surface area contributed by atoms with Crippen LogP contribution >= 0.6 is 0 Å². The van der Waals surface area contributed by atoms with Crippen LogP contribution in [0, 0.1) is 11.2 Å². The van der Waals surface area contributed by atoms with Gasteiger partial charge in [-0.3, -0.25) is 0 Å². The molecule has 4 heteroatoms. The minimum absolute atomic E-state index is 0.0484. The highest BCUT2D eigenvalue weighted by molar-refractivity contribution is 5.27. The van der Waals surface area contributed by atoms with E-state index in [1.807, 2.05) is 20.8 Å². The quantitative estimate of drug-likeness (QED) is 0.658. The van der Waals surface area contributed by atoms with E-state index in [1.165, 1.54) is 6.07 Å². The normalized spacial score (nSPS) is 12.9. The monoisotopic (exact) mass is 248 g/mol. The maximum atomic E-state index is 13.0. The molecule has 0 nitrogen and oxygen atoms in total. The van der Waals surface area contributed by atoms with Crippen LogP contribution in [0.1, 0.15) is 38.3 Å². The van der Waals surface area contributed by atoms with Crippen LogP contribution in [-0.2, 0) is 12.6 Å². The van der Waals surface area contributed by atoms with Gasteiger partial charge in [-0.15, -0.1) is 0 Å². The molecule has 96 valence electrons. The molecule has 1 aromatic carbocycles. The molecule has 0 aliphatic rings. The van der Waals surface area contributed by atoms with Gasteiger partial charge in [-0.05, 0) is 36.0 Å². The van der Waals surface area contributed by atoms with Gasteiger partial charge in [0.2, 0.25) is 0 Å². The van der Waals surface area contributed by atoms with Crippen molar-refractivity contribution in [1.82, 2.24) is 0 Å². The van der Waals surface area contributed by atoms with Crippen molar-refractivity contribution in [3.05, 3.63) is 35.1 Å². The minimum atomic E-state index is -4.62. The van der Waals surface area contributed by atoms with Gasteiger partial charge in [0.25, 0.3) is 0 Å². The molecule has 1 rings (SSSR count). The van der Waals surface area contributed by atoms with Crippen LogP contribution in [0.3, 0.4) is 0 Å². The summed E-state index contributed by atoms with van der Waals surface area (Å²) in [4.78, 5) is 0. The molecule has 0 saturated heterocycles. The first-order valence-electron chi connectivity index (χ1n) is 5.45. The fourth-order valence-corrected chi connectivity index (χ4v) is 1.46. The van der Waals surface area contributed by atoms with E-state index >= 15 is 0 Å². The average molecular weight is 248 g/mol. The van der Waals surface area contributed by atoms with E-state index in [-0.39, 0.29) is 5.41 Å². The summed E-state index contributed by atoms with van der Waals surface area (Å²) in [6.45, 7) is 6.05. The first kappa shape index (κ1) is 14.0. The molecule has 0 aliphatic carbocycles. The van der Waals surface area contributed by atoms with Crippen molar-refractivity contribution in [2.75, 3.05) is 0 Å². The zero-order chi connectivity index (χ0) is 13.3. The highest BCUT2D eigenvalue weighted by Crippen LogP contribution is 2.32. The summed E-state index contributed by atoms with van der Waals surface area (Å²) < 4.78 is 50.4. The molecule has 0 bridgehead atoms. The van der Waals surface area contributed by atoms with Crippen molar-refractivity contribution in [2.45, 2.75) is 39.8 Å². The van der Waals surface area contributed by atoms with Gasteiger partial charge in [0.1, 0.15) is 5.82 Å². The van der Waals surface area contributed by atoms with Gasteiger partial charge in [-0.25, -0.2) is 4.39 Å². The Balaban J connectivity index is 2.90. The molecule has 0 radical (unpaired) electrons. The lowest BCUT2D eigenvalue weighted by molar-refractivity contribution is -0.140. The van der Waals surface area contributed by atoms with Crippen molar-refractivity contribution < 1.29 is 17.6 Å². The molecule has 0 heterocycles. The van der Waals surface area contributed by atoms with Gasteiger partial charge < -0.3 is 0 Å². The van der Waals surface area contributed by atoms with Crippen LogP contribution in [0.5, 0.6) is 0 Å². The largest absolute Gasteiger partial charge is 0.419 e. The van der Waals surface area contributed by atoms with Crippen LogP contribution < -0.4 is 0 Å². The minimum Gasteiger partial charge on any atom is -0.206 e. The number of rotatable bonds is 2. The van der Waals surface area contributed by atoms with E-state index in [0.29, 0.717) is 12.0 Å². The van der Waals surface area contributed by atoms with E-state index in [2.05, 4.69) is 0 Å². The van der Waals surface area contributed by atoms with Crippen LogP contribution in [0.25, 0.3) is 0 Å². The zero-order valence-electron chi connectivity index (χ0n) is 10.2. The lowest BCUT2D eigenvalue weighted by Gasteiger charge is -2.18. The molecule has 17 heavy (non-hydrogen) atoms. The average Bonchev–Trinajstić information content (AvgIpc) is 2.13. The molecule has 0 spiro atoms. The standard InChI is InChI=1S/C13H16F4/c1-12(2,3)7-6-9-4-5-11(14)10(8-9)13(15,16)17/h4-5,8H,6-7H2,1-3H3. The summed E-state index contributed by atoms with van der Waals surface area (Å²) in [6.07, 6.45) is -3.34. The van der Waals surface area contributed by atoms with Gasteiger partial charge in [0.15, 0.2) is 0 Å². The summed E-state index contributed by atoms with van der Waals surface area (Å²) in [5.74, 6) is -1.21. The third-order valence-corrected chi connectivity index (χ3v) is 2.50. The smallest absolute Gasteiger partial charge is 0.206 e. The number of benzene rings is 1.